The van der Waals surface area contributed by atoms with Gasteiger partial charge in [-0.2, -0.15) is 0 Å². The molecule has 10 atom stereocenters. The monoisotopic (exact) mass is 794 g/mol. The molecule has 1 fully saturated rings. The molecule has 2 aliphatic heterocycles. The first kappa shape index (κ1) is 43.1. The zero-order chi connectivity index (χ0) is 40.2. The molecule has 0 radical (unpaired) electrons. The Hall–Kier alpha value is -3.07. The maximum absolute atomic E-state index is 13.2. The molecule has 0 bridgehead atoms. The molecule has 1 saturated heterocycles. The fourth-order valence-electron chi connectivity index (χ4n) is 8.08. The first-order valence-corrected chi connectivity index (χ1v) is 21.0. The van der Waals surface area contributed by atoms with Crippen LogP contribution in [0.4, 0.5) is 0 Å². The second-order valence-corrected chi connectivity index (χ2v) is 18.1. The molecule has 55 heavy (non-hydrogen) atoms. The van der Waals surface area contributed by atoms with Crippen molar-refractivity contribution in [1.82, 2.24) is 10.2 Å². The Bertz CT molecular complexity index is 1760. The van der Waals surface area contributed by atoms with Gasteiger partial charge < -0.3 is 35.6 Å². The van der Waals surface area contributed by atoms with Crippen molar-refractivity contribution in [1.29, 1.82) is 0 Å². The third-order valence-electron chi connectivity index (χ3n) is 11.4. The molecule has 2 aromatic carbocycles. The van der Waals surface area contributed by atoms with Crippen molar-refractivity contribution in [2.45, 2.75) is 119 Å². The van der Waals surface area contributed by atoms with E-state index in [0.717, 1.165) is 10.4 Å². The lowest BCUT2D eigenvalue weighted by molar-refractivity contribution is -0.193. The van der Waals surface area contributed by atoms with Crippen molar-refractivity contribution in [3.8, 4) is 21.6 Å². The number of nitrogens with zero attached hydrogens (tertiary/aromatic N) is 1. The number of thiophene rings is 1. The number of rotatable bonds is 7. The summed E-state index contributed by atoms with van der Waals surface area (Å²) in [5.41, 5.74) is 0.0691. The van der Waals surface area contributed by atoms with E-state index in [-0.39, 0.29) is 24.7 Å². The highest BCUT2D eigenvalue weighted by atomic mass is 32.2. The molecular formula is C43H58N2O8S2. The Morgan fingerprint density at radius 1 is 0.964 bits per heavy atom. The van der Waals surface area contributed by atoms with Crippen molar-refractivity contribution < 1.29 is 39.9 Å². The largest absolute Gasteiger partial charge is 0.459 e. The zero-order valence-corrected chi connectivity index (χ0v) is 34.6. The molecule has 0 saturated carbocycles. The number of aliphatic hydroxyl groups excluding tert-OH is 3. The van der Waals surface area contributed by atoms with Crippen LogP contribution in [0.2, 0.25) is 0 Å². The number of benzene rings is 2. The Labute approximate surface area is 333 Å². The van der Waals surface area contributed by atoms with Gasteiger partial charge in [-0.1, -0.05) is 68.9 Å². The minimum absolute atomic E-state index is 0.168. The Balaban J connectivity index is 1.28. The normalized spacial score (nSPS) is 32.3. The Kier molecular flexibility index (Phi) is 14.1. The van der Waals surface area contributed by atoms with E-state index in [0.29, 0.717) is 26.1 Å². The van der Waals surface area contributed by atoms with E-state index in [2.05, 4.69) is 47.8 Å². The van der Waals surface area contributed by atoms with Gasteiger partial charge in [-0.05, 0) is 82.7 Å². The summed E-state index contributed by atoms with van der Waals surface area (Å²) in [5.74, 6) is -3.11. The lowest BCUT2D eigenvalue weighted by Gasteiger charge is -2.43. The molecule has 3 heterocycles. The number of hydrogen-bond acceptors (Lipinski definition) is 11. The van der Waals surface area contributed by atoms with Crippen LogP contribution in [0.1, 0.15) is 72.6 Å². The van der Waals surface area contributed by atoms with Crippen LogP contribution in [0, 0.1) is 17.8 Å². The summed E-state index contributed by atoms with van der Waals surface area (Å²) in [6.45, 7) is 12.7. The number of nitrogens with one attached hydrogen (secondary N) is 1. The van der Waals surface area contributed by atoms with Crippen LogP contribution in [-0.4, -0.2) is 104 Å². The summed E-state index contributed by atoms with van der Waals surface area (Å²) in [6.07, 6.45) is -0.792. The van der Waals surface area contributed by atoms with Gasteiger partial charge in [-0.3, -0.25) is 14.5 Å². The summed E-state index contributed by atoms with van der Waals surface area (Å²) in [5, 5.41) is 59.9. The van der Waals surface area contributed by atoms with Gasteiger partial charge in [0.15, 0.2) is 0 Å². The standard InChI is InChI=1S/C43H58N2O8S2/c1-8-35-43(7,52)40(49)28(5)45(24-25(2)23-42(6,51)39(48)26(3)37(47)27(4)41(50)53-35)21-13-20-44-36(46)19-18-29-22-32-30-14-9-11-16-33(30)55-34-17-12-10-15-31(34)38(32)54-29/h9-12,14-19,22,25-28,35,37,39-40,47-49,51-52H,8,13,20-21,23-24H2,1-7H3,(H,44,46)/b19-18+/t25-,26+,27-,28-,35-,37+,39-,40-,42-,43-/m1/s1. The van der Waals surface area contributed by atoms with Gasteiger partial charge in [0, 0.05) is 68.3 Å². The Morgan fingerprint density at radius 3 is 2.27 bits per heavy atom. The van der Waals surface area contributed by atoms with E-state index in [1.165, 1.54) is 46.6 Å². The predicted molar refractivity (Wildman–Crippen MR) is 219 cm³/mol. The minimum atomic E-state index is -1.84. The van der Waals surface area contributed by atoms with Crippen molar-refractivity contribution in [2.75, 3.05) is 19.6 Å². The van der Waals surface area contributed by atoms with Crippen molar-refractivity contribution in [2.24, 2.45) is 17.8 Å². The second kappa shape index (κ2) is 18.0. The highest BCUT2D eigenvalue weighted by Crippen LogP contribution is 2.51. The first-order chi connectivity index (χ1) is 26.0. The van der Waals surface area contributed by atoms with Gasteiger partial charge in [-0.25, -0.2) is 0 Å². The highest BCUT2D eigenvalue weighted by molar-refractivity contribution is 7.99. The van der Waals surface area contributed by atoms with Crippen LogP contribution >= 0.6 is 23.1 Å². The molecule has 0 aliphatic carbocycles. The summed E-state index contributed by atoms with van der Waals surface area (Å²) in [6, 6.07) is 18.3. The van der Waals surface area contributed by atoms with Gasteiger partial charge in [0.2, 0.25) is 5.91 Å². The predicted octanol–water partition coefficient (Wildman–Crippen LogP) is 5.98. The van der Waals surface area contributed by atoms with E-state index >= 15 is 0 Å². The SMILES string of the molecule is CC[C@H]1OC(=O)[C@H](C)[C@@H](O)[C@H](C)[C@@H](O)[C@](C)(O)C[C@@H](C)CN(CCCNC(=O)/C=C/c2cc3c(s2)-c2ccccc2Sc2ccccc2-3)[C@H](C)[C@@H](O)[C@]1(C)O. The van der Waals surface area contributed by atoms with Gasteiger partial charge in [0.25, 0.3) is 0 Å². The van der Waals surface area contributed by atoms with Gasteiger partial charge in [0.05, 0.1) is 23.7 Å². The number of amides is 1. The summed E-state index contributed by atoms with van der Waals surface area (Å²) < 4.78 is 5.70. The van der Waals surface area contributed by atoms with Gasteiger partial charge in [0.1, 0.15) is 17.8 Å². The number of carbonyl (C=O) groups excluding carboxylic acids is 2. The number of carbonyl (C=O) groups is 2. The van der Waals surface area contributed by atoms with Crippen molar-refractivity contribution >= 4 is 41.1 Å². The highest BCUT2D eigenvalue weighted by Gasteiger charge is 2.47. The average Bonchev–Trinajstić information content (AvgIpc) is 3.53. The molecule has 10 nitrogen and oxygen atoms in total. The van der Waals surface area contributed by atoms with Crippen LogP contribution in [0.25, 0.3) is 27.6 Å². The molecule has 12 heteroatoms. The number of cyclic esters (lactones) is 1. The molecular weight excluding hydrogens is 737 g/mol. The van der Waals surface area contributed by atoms with E-state index < -0.39 is 59.5 Å². The molecule has 300 valence electrons. The number of hydrogen-bond donors (Lipinski definition) is 6. The maximum Gasteiger partial charge on any atom is 0.311 e. The van der Waals surface area contributed by atoms with Crippen molar-refractivity contribution in [3.63, 3.8) is 0 Å². The van der Waals surface area contributed by atoms with Gasteiger partial charge >= 0.3 is 5.97 Å². The molecule has 3 aromatic rings. The molecule has 5 rings (SSSR count). The quantitative estimate of drug-likeness (QED) is 0.0748. The molecule has 0 spiro atoms. The molecule has 6 N–H and O–H groups in total. The number of esters is 1. The molecule has 1 aromatic heterocycles. The summed E-state index contributed by atoms with van der Waals surface area (Å²) in [7, 11) is 0. The fraction of sp³-hybridized carbons (Fsp3) is 0.535. The van der Waals surface area contributed by atoms with Crippen molar-refractivity contribution in [3.05, 3.63) is 65.6 Å². The minimum Gasteiger partial charge on any atom is -0.459 e. The van der Waals surface area contributed by atoms with Crippen LogP contribution in [0.5, 0.6) is 0 Å². The van der Waals surface area contributed by atoms with E-state index in [4.69, 9.17) is 4.74 Å². The summed E-state index contributed by atoms with van der Waals surface area (Å²) in [4.78, 5) is 32.7. The number of aliphatic hydroxyl groups is 5. The van der Waals surface area contributed by atoms with E-state index in [1.807, 2.05) is 30.0 Å². The van der Waals surface area contributed by atoms with Crippen LogP contribution in [-0.2, 0) is 14.3 Å². The van der Waals surface area contributed by atoms with E-state index in [9.17, 15) is 35.1 Å². The lowest BCUT2D eigenvalue weighted by atomic mass is 9.78. The van der Waals surface area contributed by atoms with Crippen LogP contribution in [0.15, 0.2) is 70.5 Å². The van der Waals surface area contributed by atoms with Crippen LogP contribution < -0.4 is 5.32 Å². The average molecular weight is 795 g/mol. The first-order valence-electron chi connectivity index (χ1n) is 19.4. The summed E-state index contributed by atoms with van der Waals surface area (Å²) >= 11 is 3.42. The fourth-order valence-corrected chi connectivity index (χ4v) is 10.4. The third kappa shape index (κ3) is 9.73. The topological polar surface area (TPSA) is 160 Å². The lowest BCUT2D eigenvalue weighted by Crippen LogP contribution is -2.59. The van der Waals surface area contributed by atoms with E-state index in [1.54, 1.807) is 49.9 Å². The third-order valence-corrected chi connectivity index (χ3v) is 13.7. The second-order valence-electron chi connectivity index (χ2n) is 16.0. The van der Waals surface area contributed by atoms with Gasteiger partial charge in [-0.15, -0.1) is 11.3 Å². The number of fused-ring (bicyclic) bond motifs is 5. The zero-order valence-electron chi connectivity index (χ0n) is 32.9. The van der Waals surface area contributed by atoms with Crippen LogP contribution in [0.3, 0.4) is 0 Å². The molecule has 0 unspecified atom stereocenters. The molecule has 1 amide bonds. The maximum atomic E-state index is 13.2. The molecule has 2 aliphatic rings. The number of ether oxygens (including phenoxy) is 1. The Morgan fingerprint density at radius 2 is 1.60 bits per heavy atom. The smallest absolute Gasteiger partial charge is 0.311 e.